The Morgan fingerprint density at radius 1 is 1.15 bits per heavy atom. The van der Waals surface area contributed by atoms with Crippen molar-refractivity contribution in [1.29, 1.82) is 0 Å². The van der Waals surface area contributed by atoms with Crippen molar-refractivity contribution < 1.29 is 14.7 Å². The number of carbonyl (C=O) groups excluding carboxylic acids is 1. The number of anilines is 1. The lowest BCUT2D eigenvalue weighted by Crippen LogP contribution is -2.35. The topological polar surface area (TPSA) is 57.6 Å². The monoisotopic (exact) mass is 273 g/mol. The van der Waals surface area contributed by atoms with E-state index in [0.717, 1.165) is 43.4 Å². The summed E-state index contributed by atoms with van der Waals surface area (Å²) < 4.78 is 0. The number of aromatic carboxylic acids is 1. The summed E-state index contributed by atoms with van der Waals surface area (Å²) in [4.78, 5) is 25.4. The van der Waals surface area contributed by atoms with Gasteiger partial charge in [-0.1, -0.05) is 19.3 Å². The molecule has 1 aromatic carbocycles. The van der Waals surface area contributed by atoms with Gasteiger partial charge in [-0.2, -0.15) is 0 Å². The quantitative estimate of drug-likeness (QED) is 0.901. The first-order valence-corrected chi connectivity index (χ1v) is 7.34. The Morgan fingerprint density at radius 3 is 2.60 bits per heavy atom. The van der Waals surface area contributed by atoms with E-state index in [9.17, 15) is 9.59 Å². The van der Waals surface area contributed by atoms with Gasteiger partial charge in [0.05, 0.1) is 5.56 Å². The first-order chi connectivity index (χ1) is 9.66. The summed E-state index contributed by atoms with van der Waals surface area (Å²) in [5.74, 6) is -0.523. The van der Waals surface area contributed by atoms with E-state index in [1.165, 1.54) is 6.42 Å². The highest BCUT2D eigenvalue weighted by atomic mass is 16.4. The number of hydrogen-bond acceptors (Lipinski definition) is 2. The van der Waals surface area contributed by atoms with Crippen molar-refractivity contribution in [2.45, 2.75) is 38.5 Å². The van der Waals surface area contributed by atoms with Crippen LogP contribution in [-0.4, -0.2) is 23.5 Å². The van der Waals surface area contributed by atoms with Crippen LogP contribution in [-0.2, 0) is 11.2 Å². The molecule has 3 rings (SSSR count). The van der Waals surface area contributed by atoms with Crippen molar-refractivity contribution in [2.75, 3.05) is 11.4 Å². The molecule has 1 aromatic rings. The second-order valence-corrected chi connectivity index (χ2v) is 5.72. The molecule has 4 nitrogen and oxygen atoms in total. The van der Waals surface area contributed by atoms with Crippen LogP contribution in [0.4, 0.5) is 5.69 Å². The maximum absolute atomic E-state index is 12.6. The highest BCUT2D eigenvalue weighted by Gasteiger charge is 2.31. The lowest BCUT2D eigenvalue weighted by molar-refractivity contribution is -0.123. The van der Waals surface area contributed by atoms with Gasteiger partial charge in [-0.15, -0.1) is 0 Å². The van der Waals surface area contributed by atoms with Crippen LogP contribution in [0.1, 0.15) is 48.0 Å². The Labute approximate surface area is 118 Å². The molecule has 4 heteroatoms. The molecular weight excluding hydrogens is 254 g/mol. The van der Waals surface area contributed by atoms with Gasteiger partial charge in [0.1, 0.15) is 0 Å². The molecule has 20 heavy (non-hydrogen) atoms. The van der Waals surface area contributed by atoms with E-state index in [4.69, 9.17) is 5.11 Å². The summed E-state index contributed by atoms with van der Waals surface area (Å²) in [5.41, 5.74) is 2.19. The van der Waals surface area contributed by atoms with Crippen LogP contribution in [0.15, 0.2) is 18.2 Å². The zero-order valence-electron chi connectivity index (χ0n) is 11.5. The number of carboxylic acids is 1. The molecule has 0 radical (unpaired) electrons. The Hall–Kier alpha value is -1.84. The van der Waals surface area contributed by atoms with Crippen molar-refractivity contribution in [3.63, 3.8) is 0 Å². The molecule has 106 valence electrons. The zero-order valence-corrected chi connectivity index (χ0v) is 11.5. The van der Waals surface area contributed by atoms with Crippen LogP contribution < -0.4 is 4.90 Å². The minimum absolute atomic E-state index is 0.161. The molecular formula is C16H19NO3. The molecule has 1 heterocycles. The summed E-state index contributed by atoms with van der Waals surface area (Å²) >= 11 is 0. The van der Waals surface area contributed by atoms with Crippen LogP contribution in [0.25, 0.3) is 0 Å². The summed E-state index contributed by atoms with van der Waals surface area (Å²) in [6.07, 6.45) is 6.29. The molecule has 0 saturated heterocycles. The normalized spacial score (nSPS) is 18.9. The molecule has 0 atom stereocenters. The summed E-state index contributed by atoms with van der Waals surface area (Å²) in [6, 6.07) is 5.08. The van der Waals surface area contributed by atoms with Crippen LogP contribution in [0, 0.1) is 5.92 Å². The van der Waals surface area contributed by atoms with E-state index in [2.05, 4.69) is 0 Å². The second-order valence-electron chi connectivity index (χ2n) is 5.72. The Bertz CT molecular complexity index is 547. The van der Waals surface area contributed by atoms with Crippen molar-refractivity contribution >= 4 is 17.6 Å². The SMILES string of the molecule is O=C(O)c1ccc2c(c1)CCN2C(=O)C1CCCCC1. The van der Waals surface area contributed by atoms with Crippen LogP contribution >= 0.6 is 0 Å². The van der Waals surface area contributed by atoms with Crippen LogP contribution in [0.5, 0.6) is 0 Å². The molecule has 1 N–H and O–H groups in total. The standard InChI is InChI=1S/C16H19NO3/c18-15(11-4-2-1-3-5-11)17-9-8-12-10-13(16(19)20)6-7-14(12)17/h6-7,10-11H,1-5,8-9H2,(H,19,20). The first kappa shape index (κ1) is 13.2. The molecule has 0 bridgehead atoms. The molecule has 0 spiro atoms. The zero-order chi connectivity index (χ0) is 14.1. The van der Waals surface area contributed by atoms with Crippen LogP contribution in [0.2, 0.25) is 0 Å². The molecule has 1 fully saturated rings. The lowest BCUT2D eigenvalue weighted by Gasteiger charge is -2.26. The number of benzene rings is 1. The first-order valence-electron chi connectivity index (χ1n) is 7.34. The Morgan fingerprint density at radius 2 is 1.90 bits per heavy atom. The number of hydrogen-bond donors (Lipinski definition) is 1. The predicted molar refractivity (Wildman–Crippen MR) is 76.0 cm³/mol. The minimum Gasteiger partial charge on any atom is -0.478 e. The van der Waals surface area contributed by atoms with Gasteiger partial charge in [0.15, 0.2) is 0 Å². The van der Waals surface area contributed by atoms with Crippen molar-refractivity contribution in [3.05, 3.63) is 29.3 Å². The van der Waals surface area contributed by atoms with Crippen molar-refractivity contribution in [2.24, 2.45) is 5.92 Å². The van der Waals surface area contributed by atoms with Crippen molar-refractivity contribution in [1.82, 2.24) is 0 Å². The predicted octanol–water partition coefficient (Wildman–Crippen LogP) is 2.85. The van der Waals surface area contributed by atoms with E-state index in [0.29, 0.717) is 12.1 Å². The molecule has 0 unspecified atom stereocenters. The highest BCUT2D eigenvalue weighted by molar-refractivity contribution is 5.98. The number of fused-ring (bicyclic) bond motifs is 1. The molecule has 2 aliphatic rings. The number of carbonyl (C=O) groups is 2. The smallest absolute Gasteiger partial charge is 0.335 e. The van der Waals surface area contributed by atoms with Gasteiger partial charge < -0.3 is 10.0 Å². The molecule has 1 amide bonds. The highest BCUT2D eigenvalue weighted by Crippen LogP contribution is 2.33. The lowest BCUT2D eigenvalue weighted by atomic mass is 9.88. The van der Waals surface area contributed by atoms with E-state index in [1.54, 1.807) is 18.2 Å². The van der Waals surface area contributed by atoms with E-state index < -0.39 is 5.97 Å². The van der Waals surface area contributed by atoms with Crippen LogP contribution in [0.3, 0.4) is 0 Å². The molecule has 1 aliphatic heterocycles. The summed E-state index contributed by atoms with van der Waals surface area (Å²) in [7, 11) is 0. The summed E-state index contributed by atoms with van der Waals surface area (Å²) in [5, 5.41) is 9.01. The third kappa shape index (κ3) is 2.30. The van der Waals surface area contributed by atoms with Crippen molar-refractivity contribution in [3.8, 4) is 0 Å². The number of carboxylic acid groups (broad SMARTS) is 1. The number of rotatable bonds is 2. The maximum atomic E-state index is 12.6. The minimum atomic E-state index is -0.912. The summed E-state index contributed by atoms with van der Waals surface area (Å²) in [6.45, 7) is 0.688. The Kier molecular flexibility index (Phi) is 3.47. The fourth-order valence-electron chi connectivity index (χ4n) is 3.33. The van der Waals surface area contributed by atoms with E-state index in [1.807, 2.05) is 4.90 Å². The average molecular weight is 273 g/mol. The largest absolute Gasteiger partial charge is 0.478 e. The fraction of sp³-hybridized carbons (Fsp3) is 0.500. The third-order valence-electron chi connectivity index (χ3n) is 4.44. The number of nitrogens with zero attached hydrogens (tertiary/aromatic N) is 1. The average Bonchev–Trinajstić information content (AvgIpc) is 2.90. The fourth-order valence-corrected chi connectivity index (χ4v) is 3.33. The molecule has 0 aromatic heterocycles. The van der Waals surface area contributed by atoms with Gasteiger partial charge in [0.25, 0.3) is 0 Å². The Balaban J connectivity index is 1.81. The van der Waals surface area contributed by atoms with Gasteiger partial charge >= 0.3 is 5.97 Å². The van der Waals surface area contributed by atoms with E-state index >= 15 is 0 Å². The van der Waals surface area contributed by atoms with E-state index in [-0.39, 0.29) is 11.8 Å². The maximum Gasteiger partial charge on any atom is 0.335 e. The molecule has 1 saturated carbocycles. The van der Waals surface area contributed by atoms with Gasteiger partial charge in [0, 0.05) is 18.2 Å². The third-order valence-corrected chi connectivity index (χ3v) is 4.44. The van der Waals surface area contributed by atoms with Gasteiger partial charge in [-0.25, -0.2) is 4.79 Å². The van der Waals surface area contributed by atoms with Gasteiger partial charge in [0.2, 0.25) is 5.91 Å². The number of amides is 1. The van der Waals surface area contributed by atoms with Gasteiger partial charge in [-0.05, 0) is 43.0 Å². The molecule has 1 aliphatic carbocycles. The second kappa shape index (κ2) is 5.27. The van der Waals surface area contributed by atoms with Gasteiger partial charge in [-0.3, -0.25) is 4.79 Å².